The minimum absolute atomic E-state index is 0.0389. The Kier molecular flexibility index (Phi) is 3.90. The van der Waals surface area contributed by atoms with Gasteiger partial charge in [-0.25, -0.2) is 4.98 Å². The number of guanidine groups is 1. The first-order chi connectivity index (χ1) is 9.04. The van der Waals surface area contributed by atoms with Crippen molar-refractivity contribution in [1.82, 2.24) is 10.3 Å². The lowest BCUT2D eigenvalue weighted by atomic mass is 9.90. The summed E-state index contributed by atoms with van der Waals surface area (Å²) < 4.78 is 0. The third-order valence-electron chi connectivity index (χ3n) is 3.81. The average Bonchev–Trinajstić information content (AvgIpc) is 2.40. The Bertz CT molecular complexity index is 458. The molecule has 0 atom stereocenters. The van der Waals surface area contributed by atoms with E-state index in [1.165, 1.54) is 0 Å². The maximum Gasteiger partial charge on any atom is 0.192 e. The Morgan fingerprint density at radius 1 is 1.42 bits per heavy atom. The highest BCUT2D eigenvalue weighted by molar-refractivity contribution is 5.81. The van der Waals surface area contributed by atoms with Crippen LogP contribution in [0.2, 0.25) is 0 Å². The van der Waals surface area contributed by atoms with Crippen LogP contribution < -0.4 is 21.7 Å². The van der Waals surface area contributed by atoms with Crippen molar-refractivity contribution in [3.8, 4) is 0 Å². The largest absolute Gasteiger partial charge is 0.370 e. The molecule has 0 unspecified atom stereocenters. The van der Waals surface area contributed by atoms with E-state index in [0.717, 1.165) is 31.6 Å². The number of nitrogens with zero attached hydrogens (tertiary/aromatic N) is 3. The summed E-state index contributed by atoms with van der Waals surface area (Å²) >= 11 is 0. The van der Waals surface area contributed by atoms with E-state index in [2.05, 4.69) is 27.1 Å². The van der Waals surface area contributed by atoms with Crippen LogP contribution in [-0.4, -0.2) is 36.6 Å². The van der Waals surface area contributed by atoms with Crippen LogP contribution in [-0.2, 0) is 0 Å². The highest BCUT2D eigenvalue weighted by atomic mass is 15.2. The molecule has 2 rings (SSSR count). The van der Waals surface area contributed by atoms with Crippen molar-refractivity contribution in [1.29, 1.82) is 0 Å². The van der Waals surface area contributed by atoms with Gasteiger partial charge in [0.2, 0.25) is 0 Å². The van der Waals surface area contributed by atoms with Crippen LogP contribution in [0.25, 0.3) is 0 Å². The van der Waals surface area contributed by atoms with E-state index in [4.69, 9.17) is 11.5 Å². The molecule has 0 bridgehead atoms. The highest BCUT2D eigenvalue weighted by Crippen LogP contribution is 2.30. The number of hydrogen-bond donors (Lipinski definition) is 3. The van der Waals surface area contributed by atoms with E-state index in [9.17, 15) is 0 Å². The molecule has 6 heteroatoms. The van der Waals surface area contributed by atoms with E-state index < -0.39 is 0 Å². The summed E-state index contributed by atoms with van der Waals surface area (Å²) in [7, 11) is 2.02. The molecule has 6 nitrogen and oxygen atoms in total. The number of rotatable bonds is 3. The van der Waals surface area contributed by atoms with Crippen LogP contribution in [0.15, 0.2) is 23.3 Å². The molecule has 1 aromatic rings. The predicted molar refractivity (Wildman–Crippen MR) is 78.6 cm³/mol. The van der Waals surface area contributed by atoms with Crippen molar-refractivity contribution in [3.63, 3.8) is 0 Å². The molecule has 0 spiro atoms. The second-order valence-electron chi connectivity index (χ2n) is 5.18. The minimum atomic E-state index is 0.0389. The quantitative estimate of drug-likeness (QED) is 0.547. The number of anilines is 1. The van der Waals surface area contributed by atoms with Gasteiger partial charge in [0.25, 0.3) is 0 Å². The van der Waals surface area contributed by atoms with Gasteiger partial charge < -0.3 is 21.7 Å². The first kappa shape index (κ1) is 13.6. The van der Waals surface area contributed by atoms with E-state index in [1.54, 1.807) is 6.20 Å². The van der Waals surface area contributed by atoms with Crippen molar-refractivity contribution in [2.75, 3.05) is 25.0 Å². The van der Waals surface area contributed by atoms with Crippen molar-refractivity contribution >= 4 is 17.5 Å². The average molecular weight is 262 g/mol. The third kappa shape index (κ3) is 3.14. The topological polar surface area (TPSA) is 92.6 Å². The second kappa shape index (κ2) is 5.44. The summed E-state index contributed by atoms with van der Waals surface area (Å²) in [5, 5.41) is 3.39. The van der Waals surface area contributed by atoms with Crippen molar-refractivity contribution in [3.05, 3.63) is 18.3 Å². The lowest BCUT2D eigenvalue weighted by molar-refractivity contribution is 0.305. The van der Waals surface area contributed by atoms with Gasteiger partial charge in [-0.3, -0.25) is 0 Å². The van der Waals surface area contributed by atoms with Crippen LogP contribution in [0.5, 0.6) is 0 Å². The maximum atomic E-state index is 5.45. The van der Waals surface area contributed by atoms with Crippen LogP contribution in [0.1, 0.15) is 19.8 Å². The number of nitrogens with one attached hydrogen (secondary N) is 1. The van der Waals surface area contributed by atoms with Crippen molar-refractivity contribution < 1.29 is 0 Å². The molecule has 2 heterocycles. The molecule has 1 aliphatic rings. The van der Waals surface area contributed by atoms with Crippen LogP contribution in [0, 0.1) is 0 Å². The van der Waals surface area contributed by atoms with Crippen molar-refractivity contribution in [2.45, 2.75) is 25.3 Å². The van der Waals surface area contributed by atoms with Crippen LogP contribution in [0.4, 0.5) is 11.5 Å². The fourth-order valence-corrected chi connectivity index (χ4v) is 2.33. The molecule has 0 saturated carbocycles. The van der Waals surface area contributed by atoms with Gasteiger partial charge in [-0.15, -0.1) is 0 Å². The van der Waals surface area contributed by atoms with Crippen molar-refractivity contribution in [2.24, 2.45) is 16.5 Å². The smallest absolute Gasteiger partial charge is 0.192 e. The van der Waals surface area contributed by atoms with Gasteiger partial charge >= 0.3 is 0 Å². The maximum absolute atomic E-state index is 5.45. The fraction of sp³-hybridized carbons (Fsp3) is 0.538. The number of nitrogens with two attached hydrogens (primary N) is 2. The summed E-state index contributed by atoms with van der Waals surface area (Å²) in [6.07, 6.45) is 3.87. The Hall–Kier alpha value is -1.82. The first-order valence-corrected chi connectivity index (χ1v) is 6.52. The van der Waals surface area contributed by atoms with Crippen LogP contribution in [0.3, 0.4) is 0 Å². The Morgan fingerprint density at radius 3 is 2.68 bits per heavy atom. The van der Waals surface area contributed by atoms with Gasteiger partial charge in [0, 0.05) is 24.8 Å². The zero-order valence-corrected chi connectivity index (χ0v) is 11.6. The molecular formula is C13H22N6. The number of hydrogen-bond acceptors (Lipinski definition) is 4. The molecule has 1 aromatic heterocycles. The molecule has 0 aliphatic carbocycles. The minimum Gasteiger partial charge on any atom is -0.370 e. The van der Waals surface area contributed by atoms with Gasteiger partial charge in [-0.1, -0.05) is 0 Å². The summed E-state index contributed by atoms with van der Waals surface area (Å²) in [5.41, 5.74) is 12.1. The van der Waals surface area contributed by atoms with Gasteiger partial charge in [0.1, 0.15) is 0 Å². The van der Waals surface area contributed by atoms with E-state index in [0.29, 0.717) is 5.82 Å². The Balaban J connectivity index is 2.18. The zero-order chi connectivity index (χ0) is 13.9. The highest BCUT2D eigenvalue weighted by Gasteiger charge is 2.29. The van der Waals surface area contributed by atoms with E-state index in [-0.39, 0.29) is 11.5 Å². The normalized spacial score (nSPS) is 18.1. The number of piperidine rings is 1. The fourth-order valence-electron chi connectivity index (χ4n) is 2.33. The third-order valence-corrected chi connectivity index (χ3v) is 3.81. The first-order valence-electron chi connectivity index (χ1n) is 6.52. The zero-order valence-electron chi connectivity index (χ0n) is 11.6. The Morgan fingerprint density at radius 2 is 2.11 bits per heavy atom. The summed E-state index contributed by atoms with van der Waals surface area (Å²) in [4.78, 5) is 10.6. The van der Waals surface area contributed by atoms with Gasteiger partial charge in [-0.05, 0) is 38.9 Å². The SMILES string of the molecule is CNC1(C)CCN(c2cccnc2N=C(N)N)CC1. The summed E-state index contributed by atoms with van der Waals surface area (Å²) in [5.74, 6) is 0.632. The van der Waals surface area contributed by atoms with Gasteiger partial charge in [-0.2, -0.15) is 4.99 Å². The molecule has 1 saturated heterocycles. The summed E-state index contributed by atoms with van der Waals surface area (Å²) in [6, 6.07) is 3.92. The van der Waals surface area contributed by atoms with Gasteiger partial charge in [0.15, 0.2) is 11.8 Å². The molecule has 0 amide bonds. The van der Waals surface area contributed by atoms with E-state index >= 15 is 0 Å². The second-order valence-corrected chi connectivity index (χ2v) is 5.18. The standard InChI is InChI=1S/C13H22N6/c1-13(16-2)5-8-19(9-6-13)10-4-3-7-17-11(10)18-12(14)15/h3-4,7,16H,5-6,8-9H2,1-2H3,(H4,14,15,17,18). The predicted octanol–water partition coefficient (Wildman–Crippen LogP) is 0.565. The lowest BCUT2D eigenvalue weighted by Gasteiger charge is -2.40. The molecule has 104 valence electrons. The number of pyridine rings is 1. The molecule has 19 heavy (non-hydrogen) atoms. The number of aliphatic imine (C=N–C) groups is 1. The van der Waals surface area contributed by atoms with Gasteiger partial charge in [0.05, 0.1) is 5.69 Å². The summed E-state index contributed by atoms with van der Waals surface area (Å²) in [6.45, 7) is 4.19. The molecule has 0 radical (unpaired) electrons. The van der Waals surface area contributed by atoms with Crippen LogP contribution >= 0.6 is 0 Å². The molecule has 1 aliphatic heterocycles. The monoisotopic (exact) mass is 262 g/mol. The van der Waals surface area contributed by atoms with E-state index in [1.807, 2.05) is 19.2 Å². The Labute approximate surface area is 113 Å². The molecule has 5 N–H and O–H groups in total. The lowest BCUT2D eigenvalue weighted by Crippen LogP contribution is -2.50. The molecule has 0 aromatic carbocycles. The molecular weight excluding hydrogens is 240 g/mol. The number of aromatic nitrogens is 1. The molecule has 1 fully saturated rings.